The van der Waals surface area contributed by atoms with E-state index >= 15 is 0 Å². The summed E-state index contributed by atoms with van der Waals surface area (Å²) in [5, 5.41) is 3.77. The van der Waals surface area contributed by atoms with Gasteiger partial charge in [0, 0.05) is 36.5 Å². The number of fused-ring (bicyclic) bond motifs is 2. The number of hydrogen-bond acceptors (Lipinski definition) is 4. The summed E-state index contributed by atoms with van der Waals surface area (Å²) in [4.78, 5) is 31.1. The molecule has 7 heteroatoms. The number of aryl methyl sites for hydroxylation is 2. The summed E-state index contributed by atoms with van der Waals surface area (Å²) in [6.45, 7) is 5.30. The predicted molar refractivity (Wildman–Crippen MR) is 120 cm³/mol. The average Bonchev–Trinajstić information content (AvgIpc) is 2.68. The summed E-state index contributed by atoms with van der Waals surface area (Å²) in [6, 6.07) is 9.38. The molecule has 0 unspecified atom stereocenters. The molecule has 1 aromatic heterocycles. The number of rotatable bonds is 4. The van der Waals surface area contributed by atoms with Gasteiger partial charge in [-0.2, -0.15) is 0 Å². The Morgan fingerprint density at radius 1 is 1.23 bits per heavy atom. The van der Waals surface area contributed by atoms with Gasteiger partial charge in [0.05, 0.1) is 29.6 Å². The van der Waals surface area contributed by atoms with Crippen LogP contribution in [-0.4, -0.2) is 36.0 Å². The molecule has 0 spiro atoms. The highest BCUT2D eigenvalue weighted by molar-refractivity contribution is 6.35. The zero-order valence-corrected chi connectivity index (χ0v) is 18.0. The number of methoxy groups -OCH3 is 1. The van der Waals surface area contributed by atoms with Gasteiger partial charge in [0.15, 0.2) is 5.43 Å². The van der Waals surface area contributed by atoms with Crippen molar-refractivity contribution in [2.45, 2.75) is 26.8 Å². The minimum Gasteiger partial charge on any atom is -0.495 e. The number of benzene rings is 2. The molecule has 0 saturated heterocycles. The first-order valence-corrected chi connectivity index (χ1v) is 10.2. The largest absolute Gasteiger partial charge is 0.495 e. The third-order valence-corrected chi connectivity index (χ3v) is 5.72. The number of aromatic amines is 1. The molecule has 2 aromatic carbocycles. The molecule has 0 fully saturated rings. The molecule has 0 radical (unpaired) electrons. The Labute approximate surface area is 179 Å². The fourth-order valence-corrected chi connectivity index (χ4v) is 4.37. The van der Waals surface area contributed by atoms with Gasteiger partial charge in [-0.1, -0.05) is 17.7 Å². The highest BCUT2D eigenvalue weighted by Gasteiger charge is 2.24. The van der Waals surface area contributed by atoms with Crippen molar-refractivity contribution in [3.05, 3.63) is 68.0 Å². The molecule has 156 valence electrons. The molecule has 0 bridgehead atoms. The second kappa shape index (κ2) is 8.13. The lowest BCUT2D eigenvalue weighted by Gasteiger charge is -2.28. The van der Waals surface area contributed by atoms with Crippen LogP contribution in [0.1, 0.15) is 22.4 Å². The van der Waals surface area contributed by atoms with Crippen molar-refractivity contribution < 1.29 is 9.53 Å². The second-order valence-electron chi connectivity index (χ2n) is 7.80. The van der Waals surface area contributed by atoms with E-state index in [0.29, 0.717) is 46.7 Å². The summed E-state index contributed by atoms with van der Waals surface area (Å²) < 4.78 is 5.38. The van der Waals surface area contributed by atoms with E-state index in [1.807, 2.05) is 30.9 Å². The summed E-state index contributed by atoms with van der Waals surface area (Å²) in [5.41, 5.74) is 5.03. The number of carbonyl (C=O) groups excluding carboxylic acids is 1. The minimum absolute atomic E-state index is 0.0969. The molecule has 2 N–H and O–H groups in total. The van der Waals surface area contributed by atoms with E-state index in [1.54, 1.807) is 19.2 Å². The number of H-pyrrole nitrogens is 1. The summed E-state index contributed by atoms with van der Waals surface area (Å²) in [7, 11) is 1.57. The van der Waals surface area contributed by atoms with Gasteiger partial charge in [0.25, 0.3) is 0 Å². The first kappa shape index (κ1) is 20.4. The standard InChI is InChI=1S/C23H24ClN3O3/c1-13-8-14(2)10-15(9-13)25-20(28)12-27-7-6-18-16(11-27)23(29)21-17(24)4-5-19(30-3)22(21)26-18/h4-5,8-10H,6-7,11-12H2,1-3H3,(H,25,28)(H,26,29). The van der Waals surface area contributed by atoms with Crippen LogP contribution in [0.15, 0.2) is 35.1 Å². The Balaban J connectivity index is 1.56. The SMILES string of the molecule is COc1ccc(Cl)c2c(=O)c3c([nH]c12)CCN(CC(=O)Nc1cc(C)cc(C)c1)C3. The van der Waals surface area contributed by atoms with Crippen molar-refractivity contribution in [2.24, 2.45) is 0 Å². The number of carbonyl (C=O) groups is 1. The third kappa shape index (κ3) is 3.93. The summed E-state index contributed by atoms with van der Waals surface area (Å²) >= 11 is 6.32. The maximum Gasteiger partial charge on any atom is 0.238 e. The van der Waals surface area contributed by atoms with Crippen LogP contribution >= 0.6 is 11.6 Å². The molecular formula is C23H24ClN3O3. The molecule has 1 aliphatic heterocycles. The molecule has 0 atom stereocenters. The Bertz CT molecular complexity index is 1180. The van der Waals surface area contributed by atoms with Crippen LogP contribution in [0.25, 0.3) is 10.9 Å². The Hall–Kier alpha value is -2.83. The summed E-state index contributed by atoms with van der Waals surface area (Å²) in [5.74, 6) is 0.491. The zero-order valence-electron chi connectivity index (χ0n) is 17.3. The fraction of sp³-hybridized carbons (Fsp3) is 0.304. The van der Waals surface area contributed by atoms with Crippen LogP contribution in [0.2, 0.25) is 5.02 Å². The number of ether oxygens (including phenoxy) is 1. The monoisotopic (exact) mass is 425 g/mol. The second-order valence-corrected chi connectivity index (χ2v) is 8.20. The molecule has 4 rings (SSSR count). The van der Waals surface area contributed by atoms with Gasteiger partial charge >= 0.3 is 0 Å². The van der Waals surface area contributed by atoms with Gasteiger partial charge in [0.2, 0.25) is 5.91 Å². The highest BCUT2D eigenvalue weighted by Crippen LogP contribution is 2.30. The number of anilines is 1. The zero-order chi connectivity index (χ0) is 21.4. The highest BCUT2D eigenvalue weighted by atomic mass is 35.5. The topological polar surface area (TPSA) is 74.4 Å². The van der Waals surface area contributed by atoms with Crippen molar-refractivity contribution in [3.8, 4) is 5.75 Å². The average molecular weight is 426 g/mol. The van der Waals surface area contributed by atoms with E-state index in [0.717, 1.165) is 22.5 Å². The van der Waals surface area contributed by atoms with E-state index < -0.39 is 0 Å². The number of halogens is 1. The maximum atomic E-state index is 13.2. The van der Waals surface area contributed by atoms with Gasteiger partial charge in [0.1, 0.15) is 5.75 Å². The van der Waals surface area contributed by atoms with Crippen molar-refractivity contribution in [1.29, 1.82) is 0 Å². The maximum absolute atomic E-state index is 13.2. The molecule has 2 heterocycles. The fourth-order valence-electron chi connectivity index (χ4n) is 4.13. The van der Waals surface area contributed by atoms with E-state index in [4.69, 9.17) is 16.3 Å². The van der Waals surface area contributed by atoms with E-state index in [2.05, 4.69) is 16.4 Å². The molecule has 1 aliphatic rings. The first-order valence-electron chi connectivity index (χ1n) is 9.86. The Morgan fingerprint density at radius 2 is 1.97 bits per heavy atom. The lowest BCUT2D eigenvalue weighted by molar-refractivity contribution is -0.117. The molecule has 30 heavy (non-hydrogen) atoms. The predicted octanol–water partition coefficient (Wildman–Crippen LogP) is 3.80. The molecule has 0 saturated carbocycles. The normalized spacial score (nSPS) is 13.9. The van der Waals surface area contributed by atoms with Crippen LogP contribution in [0.3, 0.4) is 0 Å². The van der Waals surface area contributed by atoms with Crippen LogP contribution < -0.4 is 15.5 Å². The van der Waals surface area contributed by atoms with E-state index in [1.165, 1.54) is 0 Å². The van der Waals surface area contributed by atoms with Gasteiger partial charge in [-0.3, -0.25) is 14.5 Å². The van der Waals surface area contributed by atoms with Crippen LogP contribution in [0.5, 0.6) is 5.75 Å². The van der Waals surface area contributed by atoms with Crippen molar-refractivity contribution in [1.82, 2.24) is 9.88 Å². The third-order valence-electron chi connectivity index (χ3n) is 5.41. The lowest BCUT2D eigenvalue weighted by atomic mass is 10.0. The number of aromatic nitrogens is 1. The molecule has 6 nitrogen and oxygen atoms in total. The quantitative estimate of drug-likeness (QED) is 0.666. The van der Waals surface area contributed by atoms with Crippen molar-refractivity contribution in [2.75, 3.05) is 25.5 Å². The van der Waals surface area contributed by atoms with Crippen LogP contribution in [-0.2, 0) is 17.8 Å². The molecule has 1 amide bonds. The first-order chi connectivity index (χ1) is 14.4. The van der Waals surface area contributed by atoms with E-state index in [9.17, 15) is 9.59 Å². The number of nitrogens with zero attached hydrogens (tertiary/aromatic N) is 1. The number of nitrogens with one attached hydrogen (secondary N) is 2. The Kier molecular flexibility index (Phi) is 5.54. The lowest BCUT2D eigenvalue weighted by Crippen LogP contribution is -2.39. The van der Waals surface area contributed by atoms with E-state index in [-0.39, 0.29) is 17.9 Å². The summed E-state index contributed by atoms with van der Waals surface area (Å²) in [6.07, 6.45) is 0.646. The molecule has 0 aliphatic carbocycles. The molecular weight excluding hydrogens is 402 g/mol. The Morgan fingerprint density at radius 3 is 2.67 bits per heavy atom. The van der Waals surface area contributed by atoms with Gasteiger partial charge in [-0.25, -0.2) is 0 Å². The number of amides is 1. The van der Waals surface area contributed by atoms with Crippen molar-refractivity contribution in [3.63, 3.8) is 0 Å². The molecule has 3 aromatic rings. The smallest absolute Gasteiger partial charge is 0.238 e. The van der Waals surface area contributed by atoms with Crippen LogP contribution in [0.4, 0.5) is 5.69 Å². The van der Waals surface area contributed by atoms with Crippen molar-refractivity contribution >= 4 is 34.1 Å². The number of pyridine rings is 1. The number of hydrogen-bond donors (Lipinski definition) is 2. The minimum atomic E-state index is -0.109. The van der Waals surface area contributed by atoms with Crippen LogP contribution in [0, 0.1) is 13.8 Å². The van der Waals surface area contributed by atoms with Gasteiger partial charge in [-0.05, 0) is 49.2 Å². The van der Waals surface area contributed by atoms with Gasteiger partial charge < -0.3 is 15.0 Å². The van der Waals surface area contributed by atoms with Gasteiger partial charge in [-0.15, -0.1) is 0 Å².